The molecular formula is C26H27F26NO3. The Morgan fingerprint density at radius 1 is 0.464 bits per heavy atom. The first kappa shape index (κ1) is 53.4. The summed E-state index contributed by atoms with van der Waals surface area (Å²) in [5.74, 6) is -82.8. The van der Waals surface area contributed by atoms with Crippen LogP contribution in [0.25, 0.3) is 0 Å². The molecule has 0 aliphatic rings. The Morgan fingerprint density at radius 2 is 0.714 bits per heavy atom. The topological polar surface area (TPSA) is 58.6 Å². The predicted octanol–water partition coefficient (Wildman–Crippen LogP) is 11.3. The molecule has 0 saturated carbocycles. The first-order chi connectivity index (χ1) is 23.8. The second kappa shape index (κ2) is 14.9. The Kier molecular flexibility index (Phi) is 14.2. The number of halogens is 26. The van der Waals surface area contributed by atoms with Gasteiger partial charge in [0.2, 0.25) is 0 Å². The molecule has 0 fully saturated rings. The van der Waals surface area contributed by atoms with Crippen molar-refractivity contribution in [3.8, 4) is 0 Å². The fourth-order valence-electron chi connectivity index (χ4n) is 4.46. The molecule has 0 unspecified atom stereocenters. The molecule has 1 amide bonds. The van der Waals surface area contributed by atoms with E-state index in [0.717, 1.165) is 20.8 Å². The van der Waals surface area contributed by atoms with Crippen molar-refractivity contribution < 1.29 is 129 Å². The van der Waals surface area contributed by atoms with Crippen LogP contribution >= 0.6 is 0 Å². The molecule has 1 atom stereocenters. The van der Waals surface area contributed by atoms with E-state index in [1.54, 1.807) is 0 Å². The molecule has 0 rings (SSSR count). The van der Waals surface area contributed by atoms with E-state index in [1.165, 1.54) is 5.32 Å². The monoisotopic (exact) mass is 895 g/mol. The lowest BCUT2D eigenvalue weighted by molar-refractivity contribution is -0.440. The molecule has 336 valence electrons. The maximum absolute atomic E-state index is 14.6. The van der Waals surface area contributed by atoms with Crippen LogP contribution in [0.5, 0.6) is 0 Å². The summed E-state index contributed by atoms with van der Waals surface area (Å²) in [5, 5.41) is 12.4. The number of amides is 1. The summed E-state index contributed by atoms with van der Waals surface area (Å²) in [6.45, 7) is 4.32. The summed E-state index contributed by atoms with van der Waals surface area (Å²) in [7, 11) is 0. The zero-order chi connectivity index (χ0) is 46.0. The number of aliphatic hydroxyl groups is 1. The van der Waals surface area contributed by atoms with E-state index in [1.807, 2.05) is 0 Å². The van der Waals surface area contributed by atoms with Crippen LogP contribution in [0.3, 0.4) is 0 Å². The smallest absolute Gasteiger partial charge is 0.444 e. The molecule has 0 aromatic rings. The molecule has 0 bridgehead atoms. The van der Waals surface area contributed by atoms with Crippen molar-refractivity contribution >= 4 is 6.09 Å². The van der Waals surface area contributed by atoms with Gasteiger partial charge in [-0.05, 0) is 39.5 Å². The minimum absolute atomic E-state index is 0.633. The summed E-state index contributed by atoms with van der Waals surface area (Å²) in [5.41, 5.74) is -5.98. The first-order valence-electron chi connectivity index (χ1n) is 14.5. The summed E-state index contributed by atoms with van der Waals surface area (Å²) >= 11 is 0. The summed E-state index contributed by atoms with van der Waals surface area (Å²) in [6, 6.07) is -2.85. The fraction of sp³-hybridized carbons (Fsp3) is 0.962. The van der Waals surface area contributed by atoms with Gasteiger partial charge in [-0.2, -0.15) is 114 Å². The lowest BCUT2D eigenvalue weighted by Crippen LogP contribution is -2.70. The molecule has 2 N–H and O–H groups in total. The van der Waals surface area contributed by atoms with Gasteiger partial charge < -0.3 is 15.2 Å². The minimum Gasteiger partial charge on any atom is -0.444 e. The van der Waals surface area contributed by atoms with Gasteiger partial charge in [0.05, 0.1) is 11.6 Å². The molecule has 0 saturated heterocycles. The van der Waals surface area contributed by atoms with Crippen LogP contribution in [-0.4, -0.2) is 100 Å². The lowest BCUT2D eigenvalue weighted by atomic mass is 9.76. The van der Waals surface area contributed by atoms with Crippen LogP contribution in [0.1, 0.15) is 60.3 Å². The number of hydrogen-bond acceptors (Lipinski definition) is 3. The van der Waals surface area contributed by atoms with Gasteiger partial charge >= 0.3 is 77.7 Å². The number of rotatable bonds is 17. The first-order valence-corrected chi connectivity index (χ1v) is 14.5. The summed E-state index contributed by atoms with van der Waals surface area (Å²) < 4.78 is 358. The molecule has 0 heterocycles. The van der Waals surface area contributed by atoms with E-state index < -0.39 is 127 Å². The van der Waals surface area contributed by atoms with E-state index in [4.69, 9.17) is 0 Å². The molecule has 0 aliphatic carbocycles. The molecule has 4 nitrogen and oxygen atoms in total. The number of carbonyl (C=O) groups is 1. The number of ether oxygens (including phenoxy) is 1. The normalized spacial score (nSPS) is 16.7. The quantitative estimate of drug-likeness (QED) is 0.143. The number of nitrogens with one attached hydrogen (secondary N) is 1. The highest BCUT2D eigenvalue weighted by Gasteiger charge is 2.92. The predicted molar refractivity (Wildman–Crippen MR) is 133 cm³/mol. The third-order valence-electron chi connectivity index (χ3n) is 7.66. The number of alkyl carbamates (subject to hydrolysis) is 1. The van der Waals surface area contributed by atoms with E-state index in [-0.39, 0.29) is 0 Å². The van der Waals surface area contributed by atoms with Crippen molar-refractivity contribution in [1.29, 1.82) is 0 Å². The number of carbonyl (C=O) groups excluding carboxylic acids is 1. The summed E-state index contributed by atoms with van der Waals surface area (Å²) in [4.78, 5) is 12.3. The van der Waals surface area contributed by atoms with Crippen LogP contribution in [-0.2, 0) is 4.74 Å². The Labute approximate surface area is 296 Å². The van der Waals surface area contributed by atoms with Crippen LogP contribution in [0.4, 0.5) is 119 Å². The van der Waals surface area contributed by atoms with Gasteiger partial charge in [-0.1, -0.05) is 13.8 Å². The second-order valence-electron chi connectivity index (χ2n) is 13.5. The van der Waals surface area contributed by atoms with Crippen molar-refractivity contribution in [3.05, 3.63) is 0 Å². The van der Waals surface area contributed by atoms with E-state index >= 15 is 0 Å². The fourth-order valence-corrected chi connectivity index (χ4v) is 4.46. The van der Waals surface area contributed by atoms with E-state index in [0.29, 0.717) is 13.8 Å². The molecule has 0 aromatic heterocycles. The molecular weight excluding hydrogens is 868 g/mol. The van der Waals surface area contributed by atoms with Gasteiger partial charge in [0.25, 0.3) is 0 Å². The molecule has 30 heteroatoms. The molecule has 0 aliphatic heterocycles. The van der Waals surface area contributed by atoms with Crippen molar-refractivity contribution in [1.82, 2.24) is 5.32 Å². The van der Waals surface area contributed by atoms with Crippen molar-refractivity contribution in [3.63, 3.8) is 0 Å². The van der Waals surface area contributed by atoms with E-state index in [9.17, 15) is 124 Å². The zero-order valence-electron chi connectivity index (χ0n) is 28.1. The van der Waals surface area contributed by atoms with Crippen molar-refractivity contribution in [2.75, 3.05) is 0 Å². The lowest BCUT2D eigenvalue weighted by Gasteiger charge is -2.43. The molecule has 0 radical (unpaired) electrons. The maximum Gasteiger partial charge on any atom is 0.460 e. The molecule has 0 spiro atoms. The van der Waals surface area contributed by atoms with E-state index in [2.05, 4.69) is 4.74 Å². The van der Waals surface area contributed by atoms with Gasteiger partial charge in [0, 0.05) is 12.8 Å². The number of alkyl halides is 26. The van der Waals surface area contributed by atoms with Gasteiger partial charge in [-0.15, -0.1) is 0 Å². The van der Waals surface area contributed by atoms with Gasteiger partial charge in [0.15, 0.2) is 0 Å². The highest BCUT2D eigenvalue weighted by Crippen LogP contribution is 2.63. The SMILES string of the molecule is CC(C)[C@H](NC(=O)OC(C)(C)C)C(O)(CCC(F)(F)C(F)(F)C(F)(F)C(F)(F)C(F)(F)C(F)(F)F)CCC(F)(F)C(F)(F)C(F)(F)C(F)(F)C(F)(F)C(F)(F)F. The average molecular weight is 895 g/mol. The highest BCUT2D eigenvalue weighted by molar-refractivity contribution is 5.68. The van der Waals surface area contributed by atoms with Crippen molar-refractivity contribution in [2.24, 2.45) is 5.92 Å². The minimum atomic E-state index is -8.48. The molecule has 56 heavy (non-hydrogen) atoms. The highest BCUT2D eigenvalue weighted by atomic mass is 19.4. The summed E-state index contributed by atoms with van der Waals surface area (Å²) in [6.07, 6.45) is -30.4. The largest absolute Gasteiger partial charge is 0.460 e. The molecule has 0 aromatic carbocycles. The van der Waals surface area contributed by atoms with Gasteiger partial charge in [-0.3, -0.25) is 0 Å². The van der Waals surface area contributed by atoms with Crippen molar-refractivity contribution in [2.45, 2.75) is 149 Å². The maximum atomic E-state index is 14.6. The third-order valence-corrected chi connectivity index (χ3v) is 7.66. The third kappa shape index (κ3) is 9.01. The Morgan fingerprint density at radius 3 is 0.929 bits per heavy atom. The zero-order valence-corrected chi connectivity index (χ0v) is 28.1. The number of hydrogen-bond donors (Lipinski definition) is 2. The van der Waals surface area contributed by atoms with Gasteiger partial charge in [0.1, 0.15) is 5.60 Å². The Hall–Kier alpha value is -2.59. The van der Waals surface area contributed by atoms with Crippen LogP contribution in [0.15, 0.2) is 0 Å². The average Bonchev–Trinajstić information content (AvgIpc) is 2.94. The van der Waals surface area contributed by atoms with Crippen LogP contribution in [0, 0.1) is 5.92 Å². The Balaban J connectivity index is 7.39. The Bertz CT molecular complexity index is 1280. The second-order valence-corrected chi connectivity index (χ2v) is 13.5. The van der Waals surface area contributed by atoms with Crippen LogP contribution < -0.4 is 5.32 Å². The standard InChI is InChI=1S/C26H27F26NO3/c1-10(2)11(53-12(54)56-13(3,4)5)14(55,6-8-15(27,28)17(31,32)19(35,36)21(39,40)23(43,44)25(47,48)49)7-9-16(29,30)18(33,34)20(37,38)22(41,42)24(45,46)26(50,51)52/h10-11,55H,6-9H2,1-5H3,(H,53,54)/t11-/m0/s1. The van der Waals surface area contributed by atoms with Gasteiger partial charge in [-0.25, -0.2) is 4.79 Å². The van der Waals surface area contributed by atoms with Crippen LogP contribution in [0.2, 0.25) is 0 Å².